The molecule has 0 aliphatic rings. The molecule has 4 nitrogen and oxygen atoms in total. The van der Waals surface area contributed by atoms with Gasteiger partial charge in [0.05, 0.1) is 5.69 Å². The van der Waals surface area contributed by atoms with E-state index in [9.17, 15) is 0 Å². The summed E-state index contributed by atoms with van der Waals surface area (Å²) in [6, 6.07) is 6.16. The summed E-state index contributed by atoms with van der Waals surface area (Å²) in [5.74, 6) is 0. The van der Waals surface area contributed by atoms with Crippen molar-refractivity contribution in [1.82, 2.24) is 19.2 Å². The number of hydrogen-bond acceptors (Lipinski definition) is 2. The SMILES string of the molecule is Cc1cnc2cc(-c3ccnn3C)ccn12. The van der Waals surface area contributed by atoms with Crippen LogP contribution in [0.4, 0.5) is 0 Å². The van der Waals surface area contributed by atoms with Gasteiger partial charge in [-0.3, -0.25) is 4.68 Å². The molecule has 3 heterocycles. The molecule has 3 aromatic rings. The van der Waals surface area contributed by atoms with Crippen molar-refractivity contribution in [3.8, 4) is 11.3 Å². The number of imidazole rings is 1. The van der Waals surface area contributed by atoms with Gasteiger partial charge in [-0.2, -0.15) is 5.10 Å². The number of hydrogen-bond donors (Lipinski definition) is 0. The maximum absolute atomic E-state index is 4.35. The van der Waals surface area contributed by atoms with Crippen molar-refractivity contribution in [3.05, 3.63) is 42.5 Å². The summed E-state index contributed by atoms with van der Waals surface area (Å²) in [5.41, 5.74) is 4.35. The Hall–Kier alpha value is -2.10. The fourth-order valence-electron chi connectivity index (χ4n) is 1.92. The summed E-state index contributed by atoms with van der Waals surface area (Å²) in [4.78, 5) is 4.35. The average Bonchev–Trinajstić information content (AvgIpc) is 2.86. The standard InChI is InChI=1S/C12H12N4/c1-9-8-13-12-7-10(4-6-16(9)12)11-3-5-14-15(11)2/h3-8H,1-2H3. The Balaban J connectivity index is 2.23. The largest absolute Gasteiger partial charge is 0.304 e. The Morgan fingerprint density at radius 3 is 2.88 bits per heavy atom. The number of fused-ring (bicyclic) bond motifs is 1. The van der Waals surface area contributed by atoms with Gasteiger partial charge in [0, 0.05) is 36.9 Å². The van der Waals surface area contributed by atoms with Crippen molar-refractivity contribution >= 4 is 5.65 Å². The van der Waals surface area contributed by atoms with E-state index in [0.29, 0.717) is 0 Å². The van der Waals surface area contributed by atoms with Crippen LogP contribution in [0.1, 0.15) is 5.69 Å². The normalized spacial score (nSPS) is 11.1. The van der Waals surface area contributed by atoms with E-state index in [1.54, 1.807) is 6.20 Å². The topological polar surface area (TPSA) is 35.1 Å². The molecule has 0 fully saturated rings. The highest BCUT2D eigenvalue weighted by Gasteiger charge is 2.05. The second-order valence-corrected chi connectivity index (χ2v) is 3.88. The lowest BCUT2D eigenvalue weighted by atomic mass is 10.2. The summed E-state index contributed by atoms with van der Waals surface area (Å²) in [6.07, 6.45) is 5.72. The van der Waals surface area contributed by atoms with Crippen LogP contribution < -0.4 is 0 Å². The molecule has 0 aliphatic carbocycles. The van der Waals surface area contributed by atoms with E-state index in [1.165, 1.54) is 0 Å². The molecule has 0 aromatic carbocycles. The van der Waals surface area contributed by atoms with E-state index in [1.807, 2.05) is 37.1 Å². The highest BCUT2D eigenvalue weighted by Crippen LogP contribution is 2.19. The van der Waals surface area contributed by atoms with Gasteiger partial charge in [0.15, 0.2) is 0 Å². The minimum atomic E-state index is 0.969. The second kappa shape index (κ2) is 3.20. The van der Waals surface area contributed by atoms with Crippen LogP contribution in [-0.4, -0.2) is 19.2 Å². The third kappa shape index (κ3) is 1.23. The number of pyridine rings is 1. The third-order valence-electron chi connectivity index (χ3n) is 2.81. The van der Waals surface area contributed by atoms with E-state index in [4.69, 9.17) is 0 Å². The van der Waals surface area contributed by atoms with Crippen molar-refractivity contribution in [2.45, 2.75) is 6.92 Å². The molecular weight excluding hydrogens is 200 g/mol. The number of aryl methyl sites for hydroxylation is 2. The first kappa shape index (κ1) is 9.15. The minimum absolute atomic E-state index is 0.969. The summed E-state index contributed by atoms with van der Waals surface area (Å²) < 4.78 is 3.93. The predicted octanol–water partition coefficient (Wildman–Crippen LogP) is 2.04. The van der Waals surface area contributed by atoms with Crippen LogP contribution in [0.15, 0.2) is 36.8 Å². The van der Waals surface area contributed by atoms with Crippen molar-refractivity contribution in [1.29, 1.82) is 0 Å². The van der Waals surface area contributed by atoms with Gasteiger partial charge in [-0.25, -0.2) is 4.98 Å². The molecule has 0 saturated carbocycles. The predicted molar refractivity (Wildman–Crippen MR) is 62.1 cm³/mol. The van der Waals surface area contributed by atoms with Gasteiger partial charge in [-0.1, -0.05) is 0 Å². The molecule has 4 heteroatoms. The maximum Gasteiger partial charge on any atom is 0.137 e. The number of aromatic nitrogens is 4. The van der Waals surface area contributed by atoms with Gasteiger partial charge in [0.25, 0.3) is 0 Å². The summed E-state index contributed by atoms with van der Waals surface area (Å²) in [5, 5.41) is 4.17. The zero-order valence-electron chi connectivity index (χ0n) is 9.25. The van der Waals surface area contributed by atoms with E-state index < -0.39 is 0 Å². The fourth-order valence-corrected chi connectivity index (χ4v) is 1.92. The first-order chi connectivity index (χ1) is 7.75. The second-order valence-electron chi connectivity index (χ2n) is 3.88. The number of rotatable bonds is 1. The molecule has 0 radical (unpaired) electrons. The quantitative estimate of drug-likeness (QED) is 0.618. The third-order valence-corrected chi connectivity index (χ3v) is 2.81. The van der Waals surface area contributed by atoms with Crippen LogP contribution in [0, 0.1) is 6.92 Å². The van der Waals surface area contributed by atoms with Crippen molar-refractivity contribution in [2.75, 3.05) is 0 Å². The molecular formula is C12H12N4. The van der Waals surface area contributed by atoms with Gasteiger partial charge >= 0.3 is 0 Å². The summed E-state index contributed by atoms with van der Waals surface area (Å²) in [7, 11) is 1.94. The smallest absolute Gasteiger partial charge is 0.137 e. The molecule has 0 N–H and O–H groups in total. The van der Waals surface area contributed by atoms with E-state index >= 15 is 0 Å². The van der Waals surface area contributed by atoms with Crippen LogP contribution in [0.5, 0.6) is 0 Å². The highest BCUT2D eigenvalue weighted by atomic mass is 15.3. The van der Waals surface area contributed by atoms with Crippen LogP contribution in [0.25, 0.3) is 16.9 Å². The van der Waals surface area contributed by atoms with Crippen LogP contribution in [0.3, 0.4) is 0 Å². The lowest BCUT2D eigenvalue weighted by Crippen LogP contribution is -1.94. The summed E-state index contributed by atoms with van der Waals surface area (Å²) in [6.45, 7) is 2.05. The van der Waals surface area contributed by atoms with Gasteiger partial charge in [-0.15, -0.1) is 0 Å². The Labute approximate surface area is 93.2 Å². The van der Waals surface area contributed by atoms with E-state index in [2.05, 4.69) is 26.6 Å². The minimum Gasteiger partial charge on any atom is -0.304 e. The van der Waals surface area contributed by atoms with Crippen molar-refractivity contribution in [3.63, 3.8) is 0 Å². The highest BCUT2D eigenvalue weighted by molar-refractivity contribution is 5.64. The molecule has 3 aromatic heterocycles. The summed E-state index contributed by atoms with van der Waals surface area (Å²) >= 11 is 0. The zero-order valence-corrected chi connectivity index (χ0v) is 9.25. The average molecular weight is 212 g/mol. The van der Waals surface area contributed by atoms with Gasteiger partial charge in [0.2, 0.25) is 0 Å². The van der Waals surface area contributed by atoms with Crippen molar-refractivity contribution in [2.24, 2.45) is 7.05 Å². The molecule has 0 atom stereocenters. The molecule has 0 spiro atoms. The monoisotopic (exact) mass is 212 g/mol. The maximum atomic E-state index is 4.35. The Morgan fingerprint density at radius 1 is 1.25 bits per heavy atom. The molecule has 3 rings (SSSR count). The first-order valence-corrected chi connectivity index (χ1v) is 5.18. The molecule has 0 aliphatic heterocycles. The van der Waals surface area contributed by atoms with Crippen LogP contribution >= 0.6 is 0 Å². The lowest BCUT2D eigenvalue weighted by molar-refractivity contribution is 0.776. The molecule has 16 heavy (non-hydrogen) atoms. The lowest BCUT2D eigenvalue weighted by Gasteiger charge is -2.03. The van der Waals surface area contributed by atoms with Gasteiger partial charge < -0.3 is 4.40 Å². The molecule has 0 amide bonds. The van der Waals surface area contributed by atoms with Gasteiger partial charge in [-0.05, 0) is 25.1 Å². The van der Waals surface area contributed by atoms with E-state index in [-0.39, 0.29) is 0 Å². The molecule has 0 unspecified atom stereocenters. The molecule has 0 bridgehead atoms. The Kier molecular flexibility index (Phi) is 1.83. The molecule has 80 valence electrons. The van der Waals surface area contributed by atoms with Gasteiger partial charge in [0.1, 0.15) is 5.65 Å². The Morgan fingerprint density at radius 2 is 2.12 bits per heavy atom. The van der Waals surface area contributed by atoms with Crippen molar-refractivity contribution < 1.29 is 0 Å². The van der Waals surface area contributed by atoms with Crippen LogP contribution in [0.2, 0.25) is 0 Å². The van der Waals surface area contributed by atoms with Crippen LogP contribution in [-0.2, 0) is 7.05 Å². The zero-order chi connectivity index (χ0) is 11.1. The van der Waals surface area contributed by atoms with E-state index in [0.717, 1.165) is 22.6 Å². The molecule has 0 saturated heterocycles. The fraction of sp³-hybridized carbons (Fsp3) is 0.167. The number of nitrogens with zero attached hydrogens (tertiary/aromatic N) is 4. The first-order valence-electron chi connectivity index (χ1n) is 5.18. The Bertz CT molecular complexity index is 648.